The average molecular weight is 197 g/mol. The summed E-state index contributed by atoms with van der Waals surface area (Å²) >= 11 is 0. The number of aliphatic hydroxyl groups is 1. The molecule has 1 fully saturated rings. The molecule has 7 nitrogen and oxygen atoms in total. The third-order valence-electron chi connectivity index (χ3n) is 2.21. The second-order valence-electron chi connectivity index (χ2n) is 3.30. The van der Waals surface area contributed by atoms with Crippen LogP contribution >= 0.6 is 0 Å². The summed E-state index contributed by atoms with van der Waals surface area (Å²) in [6, 6.07) is 0. The molecule has 1 aliphatic rings. The lowest BCUT2D eigenvalue weighted by Gasteiger charge is -2.37. The lowest BCUT2D eigenvalue weighted by Crippen LogP contribution is -2.51. The van der Waals surface area contributed by atoms with Gasteiger partial charge in [0, 0.05) is 25.6 Å². The van der Waals surface area contributed by atoms with Gasteiger partial charge in [0.2, 0.25) is 11.8 Å². The molecular formula is C7H11N5O2. The number of aromatic nitrogens is 3. The third kappa shape index (κ3) is 1.41. The minimum Gasteiger partial charge on any atom is -0.396 e. The Morgan fingerprint density at radius 2 is 2.43 bits per heavy atom. The second-order valence-corrected chi connectivity index (χ2v) is 3.30. The molecule has 1 aromatic rings. The van der Waals surface area contributed by atoms with Crippen LogP contribution in [0.4, 0.5) is 5.95 Å². The molecule has 0 atom stereocenters. The van der Waals surface area contributed by atoms with Crippen LogP contribution in [0.3, 0.4) is 0 Å². The molecule has 1 amide bonds. The standard InChI is InChI=1S/C7H11N5O2/c8-7-9-5(10-11-7)6(14)12-1-4(2-12)3-13/h4,13H,1-3H2,(H3,8,9,10,11). The van der Waals surface area contributed by atoms with E-state index in [0.29, 0.717) is 13.1 Å². The number of aliphatic hydroxyl groups excluding tert-OH is 1. The Kier molecular flexibility index (Phi) is 2.08. The zero-order chi connectivity index (χ0) is 10.1. The third-order valence-corrected chi connectivity index (χ3v) is 2.21. The number of hydrogen-bond donors (Lipinski definition) is 3. The topological polar surface area (TPSA) is 108 Å². The predicted octanol–water partition coefficient (Wildman–Crippen LogP) is -1.55. The lowest BCUT2D eigenvalue weighted by atomic mass is 10.0. The number of nitrogens with two attached hydrogens (primary N) is 1. The Morgan fingerprint density at radius 3 is 2.93 bits per heavy atom. The normalized spacial score (nSPS) is 16.8. The van der Waals surface area contributed by atoms with Crippen molar-refractivity contribution in [3.8, 4) is 0 Å². The van der Waals surface area contributed by atoms with E-state index in [1.165, 1.54) is 0 Å². The van der Waals surface area contributed by atoms with Gasteiger partial charge in [0.05, 0.1) is 0 Å². The largest absolute Gasteiger partial charge is 0.396 e. The highest BCUT2D eigenvalue weighted by Gasteiger charge is 2.31. The van der Waals surface area contributed by atoms with Gasteiger partial charge < -0.3 is 15.7 Å². The zero-order valence-corrected chi connectivity index (χ0v) is 7.47. The molecule has 1 aromatic heterocycles. The first-order valence-electron chi connectivity index (χ1n) is 4.28. The van der Waals surface area contributed by atoms with Gasteiger partial charge in [-0.2, -0.15) is 4.98 Å². The van der Waals surface area contributed by atoms with E-state index in [2.05, 4.69) is 15.2 Å². The van der Waals surface area contributed by atoms with Gasteiger partial charge in [-0.15, -0.1) is 5.10 Å². The van der Waals surface area contributed by atoms with Crippen LogP contribution < -0.4 is 5.73 Å². The number of nitrogens with zero attached hydrogens (tertiary/aromatic N) is 3. The molecule has 2 heterocycles. The quantitative estimate of drug-likeness (QED) is 0.532. The van der Waals surface area contributed by atoms with Crippen molar-refractivity contribution >= 4 is 11.9 Å². The zero-order valence-electron chi connectivity index (χ0n) is 7.47. The summed E-state index contributed by atoms with van der Waals surface area (Å²) in [5, 5.41) is 14.8. The molecule has 0 aromatic carbocycles. The number of carbonyl (C=O) groups excluding carboxylic acids is 1. The Morgan fingerprint density at radius 1 is 1.71 bits per heavy atom. The number of rotatable bonds is 2. The van der Waals surface area contributed by atoms with Gasteiger partial charge in [-0.25, -0.2) is 0 Å². The smallest absolute Gasteiger partial charge is 0.291 e. The highest BCUT2D eigenvalue weighted by atomic mass is 16.3. The number of nitrogens with one attached hydrogen (secondary N) is 1. The van der Waals surface area contributed by atoms with Gasteiger partial charge in [0.1, 0.15) is 0 Å². The van der Waals surface area contributed by atoms with Crippen LogP contribution in [0, 0.1) is 5.92 Å². The van der Waals surface area contributed by atoms with E-state index in [9.17, 15) is 4.79 Å². The fourth-order valence-corrected chi connectivity index (χ4v) is 1.37. The number of aromatic amines is 1. The van der Waals surface area contributed by atoms with Crippen LogP contribution in [0.5, 0.6) is 0 Å². The maximum atomic E-state index is 11.6. The molecule has 0 spiro atoms. The van der Waals surface area contributed by atoms with Crippen molar-refractivity contribution in [1.29, 1.82) is 0 Å². The molecule has 7 heteroatoms. The number of carbonyl (C=O) groups is 1. The van der Waals surface area contributed by atoms with Crippen LogP contribution in [0.25, 0.3) is 0 Å². The van der Waals surface area contributed by atoms with E-state index in [-0.39, 0.29) is 30.2 Å². The van der Waals surface area contributed by atoms with Crippen molar-refractivity contribution in [2.24, 2.45) is 5.92 Å². The summed E-state index contributed by atoms with van der Waals surface area (Å²) in [7, 11) is 0. The van der Waals surface area contributed by atoms with Gasteiger partial charge >= 0.3 is 0 Å². The SMILES string of the molecule is Nc1n[nH]c(C(=O)N2CC(CO)C2)n1. The molecule has 1 aliphatic heterocycles. The summed E-state index contributed by atoms with van der Waals surface area (Å²) in [6.07, 6.45) is 0. The van der Waals surface area contributed by atoms with E-state index in [1.807, 2.05) is 0 Å². The second kappa shape index (κ2) is 3.26. The summed E-state index contributed by atoms with van der Waals surface area (Å²) < 4.78 is 0. The average Bonchev–Trinajstić information content (AvgIpc) is 2.49. The van der Waals surface area contributed by atoms with Crippen LogP contribution in [-0.4, -0.2) is 50.8 Å². The summed E-state index contributed by atoms with van der Waals surface area (Å²) in [5.74, 6) is 0.185. The van der Waals surface area contributed by atoms with Crippen LogP contribution in [0.15, 0.2) is 0 Å². The van der Waals surface area contributed by atoms with Crippen LogP contribution in [-0.2, 0) is 0 Å². The molecule has 14 heavy (non-hydrogen) atoms. The molecule has 0 aliphatic carbocycles. The van der Waals surface area contributed by atoms with Crippen molar-refractivity contribution in [3.05, 3.63) is 5.82 Å². The molecule has 4 N–H and O–H groups in total. The van der Waals surface area contributed by atoms with E-state index >= 15 is 0 Å². The van der Waals surface area contributed by atoms with E-state index < -0.39 is 0 Å². The maximum Gasteiger partial charge on any atom is 0.291 e. The first-order valence-corrected chi connectivity index (χ1v) is 4.28. The fourth-order valence-electron chi connectivity index (χ4n) is 1.37. The molecule has 2 rings (SSSR count). The summed E-state index contributed by atoms with van der Waals surface area (Å²) in [5.41, 5.74) is 5.27. The number of amides is 1. The number of H-pyrrole nitrogens is 1. The Bertz CT molecular complexity index is 344. The van der Waals surface area contributed by atoms with E-state index in [4.69, 9.17) is 10.8 Å². The minimum absolute atomic E-state index is 0.0626. The van der Waals surface area contributed by atoms with Crippen molar-refractivity contribution < 1.29 is 9.90 Å². The molecule has 1 saturated heterocycles. The Balaban J connectivity index is 1.97. The molecule has 0 unspecified atom stereocenters. The van der Waals surface area contributed by atoms with Crippen molar-refractivity contribution in [2.75, 3.05) is 25.4 Å². The Hall–Kier alpha value is -1.63. The van der Waals surface area contributed by atoms with Crippen molar-refractivity contribution in [1.82, 2.24) is 20.1 Å². The fraction of sp³-hybridized carbons (Fsp3) is 0.571. The Labute approximate surface area is 79.9 Å². The highest BCUT2D eigenvalue weighted by Crippen LogP contribution is 2.16. The molecule has 76 valence electrons. The predicted molar refractivity (Wildman–Crippen MR) is 47.3 cm³/mol. The van der Waals surface area contributed by atoms with Gasteiger partial charge in [0.25, 0.3) is 5.91 Å². The number of hydrogen-bond acceptors (Lipinski definition) is 5. The monoisotopic (exact) mass is 197 g/mol. The molecule has 0 bridgehead atoms. The minimum atomic E-state index is -0.223. The van der Waals surface area contributed by atoms with Gasteiger partial charge in [-0.1, -0.05) is 0 Å². The van der Waals surface area contributed by atoms with Crippen molar-refractivity contribution in [2.45, 2.75) is 0 Å². The molecular weight excluding hydrogens is 186 g/mol. The van der Waals surface area contributed by atoms with Crippen LogP contribution in [0.2, 0.25) is 0 Å². The van der Waals surface area contributed by atoms with Gasteiger partial charge in [-0.3, -0.25) is 9.89 Å². The highest BCUT2D eigenvalue weighted by molar-refractivity contribution is 5.91. The number of anilines is 1. The van der Waals surface area contributed by atoms with Gasteiger partial charge in [0.15, 0.2) is 0 Å². The number of nitrogen functional groups attached to an aromatic ring is 1. The van der Waals surface area contributed by atoms with E-state index in [1.54, 1.807) is 4.90 Å². The van der Waals surface area contributed by atoms with Gasteiger partial charge in [-0.05, 0) is 0 Å². The first-order chi connectivity index (χ1) is 6.70. The van der Waals surface area contributed by atoms with E-state index in [0.717, 1.165) is 0 Å². The summed E-state index contributed by atoms with van der Waals surface area (Å²) in [4.78, 5) is 16.9. The summed E-state index contributed by atoms with van der Waals surface area (Å²) in [6.45, 7) is 1.24. The maximum absolute atomic E-state index is 11.6. The molecule has 0 radical (unpaired) electrons. The van der Waals surface area contributed by atoms with Crippen molar-refractivity contribution in [3.63, 3.8) is 0 Å². The lowest BCUT2D eigenvalue weighted by molar-refractivity contribution is 0.0351. The first kappa shape index (κ1) is 8.95. The number of likely N-dealkylation sites (tertiary alicyclic amines) is 1. The van der Waals surface area contributed by atoms with Crippen LogP contribution in [0.1, 0.15) is 10.6 Å². The molecule has 0 saturated carbocycles.